The van der Waals surface area contributed by atoms with Crippen molar-refractivity contribution in [3.63, 3.8) is 0 Å². The lowest BCUT2D eigenvalue weighted by molar-refractivity contribution is -0.131. The molecule has 5 nitrogen and oxygen atoms in total. The molecule has 3 heterocycles. The van der Waals surface area contributed by atoms with Crippen LogP contribution in [0.15, 0.2) is 24.4 Å². The third-order valence-corrected chi connectivity index (χ3v) is 4.65. The van der Waals surface area contributed by atoms with Crippen molar-refractivity contribution in [3.05, 3.63) is 46.1 Å². The Balaban J connectivity index is 1.75. The monoisotopic (exact) mass is 298 g/mol. The lowest BCUT2D eigenvalue weighted by Crippen LogP contribution is -2.36. The number of amides is 1. The Bertz CT molecular complexity index is 717. The molecule has 0 bridgehead atoms. The normalized spacial score (nSPS) is 13.6. The average molecular weight is 298 g/mol. The van der Waals surface area contributed by atoms with Crippen LogP contribution in [0.3, 0.4) is 0 Å². The van der Waals surface area contributed by atoms with E-state index < -0.39 is 0 Å². The van der Waals surface area contributed by atoms with Crippen LogP contribution in [0.1, 0.15) is 21.7 Å². The first-order chi connectivity index (χ1) is 10.2. The van der Waals surface area contributed by atoms with Gasteiger partial charge >= 0.3 is 0 Å². The van der Waals surface area contributed by atoms with Gasteiger partial charge in [-0.05, 0) is 24.1 Å². The fourth-order valence-corrected chi connectivity index (χ4v) is 3.61. The van der Waals surface area contributed by atoms with Crippen molar-refractivity contribution in [3.8, 4) is 6.07 Å². The zero-order chi connectivity index (χ0) is 14.8. The maximum absolute atomic E-state index is 12.3. The summed E-state index contributed by atoms with van der Waals surface area (Å²) in [5.74, 6) is 0.0600. The zero-order valence-electron chi connectivity index (χ0n) is 11.4. The Morgan fingerprint density at radius 2 is 2.38 bits per heavy atom. The molecule has 1 aliphatic heterocycles. The van der Waals surface area contributed by atoms with Crippen molar-refractivity contribution in [2.75, 3.05) is 12.3 Å². The van der Waals surface area contributed by atoms with Crippen LogP contribution in [-0.4, -0.2) is 22.3 Å². The predicted molar refractivity (Wildman–Crippen MR) is 80.5 cm³/mol. The lowest BCUT2D eigenvalue weighted by atomic mass is 10.0. The van der Waals surface area contributed by atoms with Crippen molar-refractivity contribution >= 4 is 22.2 Å². The summed E-state index contributed by atoms with van der Waals surface area (Å²) in [7, 11) is 0. The van der Waals surface area contributed by atoms with Gasteiger partial charge in [-0.25, -0.2) is 0 Å². The minimum atomic E-state index is 0.0600. The lowest BCUT2D eigenvalue weighted by Gasteiger charge is -2.27. The molecular formula is C15H14N4OS. The Kier molecular flexibility index (Phi) is 3.59. The number of hydrogen-bond acceptors (Lipinski definition) is 5. The molecule has 0 aromatic carbocycles. The van der Waals surface area contributed by atoms with Gasteiger partial charge in [0.15, 0.2) is 0 Å². The van der Waals surface area contributed by atoms with E-state index in [1.54, 1.807) is 6.20 Å². The standard InChI is InChI=1S/C15H14N4OS/c16-8-12-11-4-6-19(9-13(11)21-15(12)17)14(20)7-10-3-1-2-5-18-10/h1-3,5H,4,6-7,9,17H2. The fourth-order valence-electron chi connectivity index (χ4n) is 2.53. The summed E-state index contributed by atoms with van der Waals surface area (Å²) in [6.45, 7) is 1.17. The van der Waals surface area contributed by atoms with Gasteiger partial charge in [0, 0.05) is 23.3 Å². The van der Waals surface area contributed by atoms with Crippen molar-refractivity contribution in [1.82, 2.24) is 9.88 Å². The molecule has 0 atom stereocenters. The molecule has 1 aliphatic rings. The third kappa shape index (κ3) is 2.60. The van der Waals surface area contributed by atoms with Crippen LogP contribution < -0.4 is 5.73 Å². The maximum Gasteiger partial charge on any atom is 0.228 e. The van der Waals surface area contributed by atoms with Crippen molar-refractivity contribution in [2.45, 2.75) is 19.4 Å². The van der Waals surface area contributed by atoms with Gasteiger partial charge in [0.05, 0.1) is 18.5 Å². The number of anilines is 1. The quantitative estimate of drug-likeness (QED) is 0.915. The zero-order valence-corrected chi connectivity index (χ0v) is 12.2. The first-order valence-electron chi connectivity index (χ1n) is 6.67. The first kappa shape index (κ1) is 13.6. The fraction of sp³-hybridized carbons (Fsp3) is 0.267. The van der Waals surface area contributed by atoms with Crippen molar-refractivity contribution < 1.29 is 4.79 Å². The third-order valence-electron chi connectivity index (χ3n) is 3.61. The molecule has 0 radical (unpaired) electrons. The summed E-state index contributed by atoms with van der Waals surface area (Å²) in [4.78, 5) is 19.4. The topological polar surface area (TPSA) is 83.0 Å². The highest BCUT2D eigenvalue weighted by molar-refractivity contribution is 7.16. The second kappa shape index (κ2) is 5.54. The number of nitrogens with two attached hydrogens (primary N) is 1. The number of thiophene rings is 1. The molecule has 0 spiro atoms. The van der Waals surface area contributed by atoms with Crippen LogP contribution >= 0.6 is 11.3 Å². The number of nitriles is 1. The number of nitrogens with zero attached hydrogens (tertiary/aromatic N) is 3. The number of carbonyl (C=O) groups excluding carboxylic acids is 1. The predicted octanol–water partition coefficient (Wildman–Crippen LogP) is 1.72. The van der Waals surface area contributed by atoms with Gasteiger partial charge in [-0.15, -0.1) is 11.3 Å². The molecule has 6 heteroatoms. The van der Waals surface area contributed by atoms with Gasteiger partial charge in [0.2, 0.25) is 5.91 Å². The van der Waals surface area contributed by atoms with Gasteiger partial charge in [-0.2, -0.15) is 5.26 Å². The summed E-state index contributed by atoms with van der Waals surface area (Å²) in [5.41, 5.74) is 8.24. The van der Waals surface area contributed by atoms with E-state index in [9.17, 15) is 4.79 Å². The van der Waals surface area contributed by atoms with Crippen molar-refractivity contribution in [1.29, 1.82) is 5.26 Å². The molecule has 3 rings (SSSR count). The molecule has 2 aromatic rings. The van der Waals surface area contributed by atoms with Crippen molar-refractivity contribution in [2.24, 2.45) is 0 Å². The SMILES string of the molecule is N#Cc1c(N)sc2c1CCN(C(=O)Cc1ccccn1)C2. The van der Waals surface area contributed by atoms with Gasteiger partial charge < -0.3 is 10.6 Å². The smallest absolute Gasteiger partial charge is 0.228 e. The largest absolute Gasteiger partial charge is 0.389 e. The summed E-state index contributed by atoms with van der Waals surface area (Å²) in [6, 6.07) is 7.72. The minimum absolute atomic E-state index is 0.0600. The van der Waals surface area contributed by atoms with E-state index in [0.717, 1.165) is 16.1 Å². The minimum Gasteiger partial charge on any atom is -0.389 e. The highest BCUT2D eigenvalue weighted by Gasteiger charge is 2.26. The van der Waals surface area contributed by atoms with Gasteiger partial charge in [0.25, 0.3) is 0 Å². The van der Waals surface area contributed by atoms with Crippen LogP contribution in [-0.2, 0) is 24.2 Å². The van der Waals surface area contributed by atoms with E-state index in [2.05, 4.69) is 11.1 Å². The Hall–Kier alpha value is -2.39. The second-order valence-electron chi connectivity index (χ2n) is 4.92. The van der Waals surface area contributed by atoms with E-state index in [4.69, 9.17) is 11.0 Å². The number of hydrogen-bond donors (Lipinski definition) is 1. The highest BCUT2D eigenvalue weighted by atomic mass is 32.1. The molecule has 2 N–H and O–H groups in total. The molecule has 0 unspecified atom stereocenters. The first-order valence-corrected chi connectivity index (χ1v) is 7.48. The van der Waals surface area contributed by atoms with E-state index >= 15 is 0 Å². The number of fused-ring (bicyclic) bond motifs is 1. The van der Waals surface area contributed by atoms with E-state index in [1.807, 2.05) is 23.1 Å². The molecular weight excluding hydrogens is 284 g/mol. The van der Waals surface area contributed by atoms with Crippen LogP contribution in [0.5, 0.6) is 0 Å². The molecule has 0 fully saturated rings. The van der Waals surface area contributed by atoms with Gasteiger partial charge in [0.1, 0.15) is 11.1 Å². The summed E-state index contributed by atoms with van der Waals surface area (Å²) in [5, 5.41) is 9.68. The summed E-state index contributed by atoms with van der Waals surface area (Å²) >= 11 is 1.41. The molecule has 0 saturated carbocycles. The Morgan fingerprint density at radius 1 is 1.52 bits per heavy atom. The Morgan fingerprint density at radius 3 is 3.10 bits per heavy atom. The van der Waals surface area contributed by atoms with E-state index in [1.165, 1.54) is 11.3 Å². The average Bonchev–Trinajstić information content (AvgIpc) is 2.82. The highest BCUT2D eigenvalue weighted by Crippen LogP contribution is 2.34. The summed E-state index contributed by atoms with van der Waals surface area (Å²) in [6.07, 6.45) is 2.69. The number of aromatic nitrogens is 1. The Labute approximate surface area is 126 Å². The summed E-state index contributed by atoms with van der Waals surface area (Å²) < 4.78 is 0. The molecule has 1 amide bonds. The number of nitrogen functional groups attached to an aromatic ring is 1. The number of pyridine rings is 1. The maximum atomic E-state index is 12.3. The van der Waals surface area contributed by atoms with Crippen LogP contribution in [0, 0.1) is 11.3 Å². The second-order valence-corrected chi connectivity index (χ2v) is 6.05. The van der Waals surface area contributed by atoms with Crippen LogP contribution in [0.2, 0.25) is 0 Å². The van der Waals surface area contributed by atoms with E-state index in [0.29, 0.717) is 36.5 Å². The molecule has 21 heavy (non-hydrogen) atoms. The molecule has 106 valence electrons. The van der Waals surface area contributed by atoms with Gasteiger partial charge in [-0.1, -0.05) is 6.07 Å². The van der Waals surface area contributed by atoms with E-state index in [-0.39, 0.29) is 5.91 Å². The molecule has 0 aliphatic carbocycles. The van der Waals surface area contributed by atoms with Gasteiger partial charge in [-0.3, -0.25) is 9.78 Å². The van der Waals surface area contributed by atoms with Crippen LogP contribution in [0.25, 0.3) is 0 Å². The molecule has 2 aromatic heterocycles. The number of rotatable bonds is 2. The van der Waals surface area contributed by atoms with Crippen LogP contribution in [0.4, 0.5) is 5.00 Å². The molecule has 0 saturated heterocycles. The number of carbonyl (C=O) groups is 1.